The molecule has 0 amide bonds. The van der Waals surface area contributed by atoms with Crippen LogP contribution < -0.4 is 0 Å². The van der Waals surface area contributed by atoms with Crippen LogP contribution in [0, 0.1) is 29.4 Å². The van der Waals surface area contributed by atoms with Gasteiger partial charge >= 0.3 is 0 Å². The molecule has 1 aromatic rings. The monoisotopic (exact) mass is 450 g/mol. The van der Waals surface area contributed by atoms with Crippen LogP contribution in [0.2, 0.25) is 18.1 Å². The number of hydrogen-bond donors (Lipinski definition) is 0. The van der Waals surface area contributed by atoms with Gasteiger partial charge in [-0.15, -0.1) is 0 Å². The van der Waals surface area contributed by atoms with Crippen molar-refractivity contribution < 1.29 is 17.6 Å². The minimum Gasteiger partial charge on any atom is -0.239 e. The minimum absolute atomic E-state index is 0.0815. The molecule has 0 N–H and O–H groups in total. The van der Waals surface area contributed by atoms with E-state index in [2.05, 4.69) is 6.92 Å². The third kappa shape index (κ3) is 4.72. The van der Waals surface area contributed by atoms with E-state index in [-0.39, 0.29) is 17.1 Å². The normalized spacial score (nSPS) is 36.3. The maximum atomic E-state index is 15.8. The lowest BCUT2D eigenvalue weighted by Gasteiger charge is -2.42. The minimum atomic E-state index is -2.08. The van der Waals surface area contributed by atoms with Crippen LogP contribution in [0.5, 0.6) is 0 Å². The van der Waals surface area contributed by atoms with Crippen molar-refractivity contribution in [2.24, 2.45) is 17.8 Å². The fraction of sp³-hybridized carbons (Fsp3) is 0.615. The van der Waals surface area contributed by atoms with Crippen molar-refractivity contribution in [2.75, 3.05) is 0 Å². The van der Waals surface area contributed by atoms with Crippen LogP contribution >= 0.6 is 0 Å². The molecule has 1 heterocycles. The van der Waals surface area contributed by atoms with Gasteiger partial charge in [0.1, 0.15) is 11.6 Å². The van der Waals surface area contributed by atoms with E-state index in [4.69, 9.17) is 0 Å². The van der Waals surface area contributed by atoms with E-state index in [0.29, 0.717) is 18.8 Å². The second-order valence-electron chi connectivity index (χ2n) is 9.96. The first-order chi connectivity index (χ1) is 14.9. The Bertz CT molecular complexity index is 798. The lowest BCUT2D eigenvalue weighted by molar-refractivity contribution is 0.0257. The number of benzene rings is 1. The van der Waals surface area contributed by atoms with Gasteiger partial charge in [-0.1, -0.05) is 56.5 Å². The predicted octanol–water partition coefficient (Wildman–Crippen LogP) is 7.82. The topological polar surface area (TPSA) is 0 Å². The molecule has 0 bridgehead atoms. The van der Waals surface area contributed by atoms with Crippen LogP contribution in [0.25, 0.3) is 5.57 Å². The van der Waals surface area contributed by atoms with Gasteiger partial charge < -0.3 is 0 Å². The Morgan fingerprint density at radius 2 is 1.58 bits per heavy atom. The van der Waals surface area contributed by atoms with Gasteiger partial charge in [-0.2, -0.15) is 0 Å². The van der Waals surface area contributed by atoms with Crippen LogP contribution in [-0.2, 0) is 0 Å². The summed E-state index contributed by atoms with van der Waals surface area (Å²) in [6.45, 7) is 2.29. The molecule has 1 aliphatic heterocycles. The van der Waals surface area contributed by atoms with E-state index in [1.807, 2.05) is 0 Å². The van der Waals surface area contributed by atoms with Crippen molar-refractivity contribution in [2.45, 2.75) is 81.8 Å². The number of alkyl halides is 2. The molecule has 3 aliphatic rings. The largest absolute Gasteiger partial charge is 0.239 e. The zero-order valence-electron chi connectivity index (χ0n) is 18.4. The van der Waals surface area contributed by atoms with E-state index < -0.39 is 32.3 Å². The summed E-state index contributed by atoms with van der Waals surface area (Å²) < 4.78 is 58.9. The summed E-state index contributed by atoms with van der Waals surface area (Å²) in [6, 6.07) is 7.93. The standard InChI is InChI=1S/C26H34F4Si/c1-2-14-31-15-11-19(12-16-31)18-6-8-21(9-7-18)26(30)13-10-20(17-24(26)29)25-22(27)4-3-5-23(25)28/h3-5,10,13,17-19,21,24,31H,2,6-9,11-12,14-16H2,1H3/t18-,19?,21-,24?,26?,31?. The Hall–Kier alpha value is -1.36. The summed E-state index contributed by atoms with van der Waals surface area (Å²) in [5.41, 5.74) is -2.28. The highest BCUT2D eigenvalue weighted by Crippen LogP contribution is 2.48. The van der Waals surface area contributed by atoms with E-state index in [9.17, 15) is 8.78 Å². The third-order valence-electron chi connectivity index (χ3n) is 8.17. The van der Waals surface area contributed by atoms with Crippen molar-refractivity contribution in [3.63, 3.8) is 0 Å². The molecule has 170 valence electrons. The summed E-state index contributed by atoms with van der Waals surface area (Å²) in [4.78, 5) is 0. The molecular formula is C26H34F4Si. The summed E-state index contributed by atoms with van der Waals surface area (Å²) >= 11 is 0. The Morgan fingerprint density at radius 3 is 2.16 bits per heavy atom. The van der Waals surface area contributed by atoms with Crippen LogP contribution in [0.15, 0.2) is 36.4 Å². The molecule has 1 aromatic carbocycles. The van der Waals surface area contributed by atoms with Crippen LogP contribution in [0.3, 0.4) is 0 Å². The predicted molar refractivity (Wildman–Crippen MR) is 122 cm³/mol. The highest BCUT2D eigenvalue weighted by atomic mass is 28.3. The van der Waals surface area contributed by atoms with Gasteiger partial charge in [0.25, 0.3) is 0 Å². The van der Waals surface area contributed by atoms with Crippen molar-refractivity contribution in [1.29, 1.82) is 0 Å². The Kier molecular flexibility index (Phi) is 7.09. The quantitative estimate of drug-likeness (QED) is 0.317. The number of allylic oxidation sites excluding steroid dienone is 4. The smallest absolute Gasteiger partial charge is 0.166 e. The third-order valence-corrected chi connectivity index (χ3v) is 11.9. The lowest BCUT2D eigenvalue weighted by Crippen LogP contribution is -2.43. The molecule has 0 spiro atoms. The zero-order valence-corrected chi connectivity index (χ0v) is 19.6. The van der Waals surface area contributed by atoms with Crippen LogP contribution in [0.1, 0.15) is 57.4 Å². The van der Waals surface area contributed by atoms with E-state index >= 15 is 8.78 Å². The fourth-order valence-corrected chi connectivity index (χ4v) is 9.82. The van der Waals surface area contributed by atoms with Gasteiger partial charge in [-0.3, -0.25) is 0 Å². The van der Waals surface area contributed by atoms with Gasteiger partial charge in [0.05, 0.1) is 5.56 Å². The molecule has 1 saturated heterocycles. The van der Waals surface area contributed by atoms with Crippen molar-refractivity contribution >= 4 is 14.4 Å². The molecule has 0 aromatic heterocycles. The van der Waals surface area contributed by atoms with Gasteiger partial charge in [0.2, 0.25) is 0 Å². The van der Waals surface area contributed by atoms with E-state index in [0.717, 1.165) is 37.0 Å². The average molecular weight is 451 g/mol. The SMILES string of the molecule is CCC[SiH]1CCC([C@H]2CC[C@H](C3(F)C=CC(c4c(F)cccc4F)=CC3F)CC2)CC1. The molecule has 4 rings (SSSR count). The second-order valence-corrected chi connectivity index (χ2v) is 13.4. The fourth-order valence-electron chi connectivity index (χ4n) is 6.34. The van der Waals surface area contributed by atoms with Crippen molar-refractivity contribution in [3.8, 4) is 0 Å². The summed E-state index contributed by atoms with van der Waals surface area (Å²) in [5.74, 6) is -0.459. The van der Waals surface area contributed by atoms with Gasteiger partial charge in [-0.05, 0) is 73.3 Å². The highest BCUT2D eigenvalue weighted by Gasteiger charge is 2.47. The number of halogens is 4. The first kappa shape index (κ1) is 22.8. The van der Waals surface area contributed by atoms with Gasteiger partial charge in [0, 0.05) is 8.80 Å². The Morgan fingerprint density at radius 1 is 0.968 bits per heavy atom. The van der Waals surface area contributed by atoms with E-state index in [1.165, 1.54) is 55.6 Å². The molecule has 31 heavy (non-hydrogen) atoms. The first-order valence-corrected chi connectivity index (χ1v) is 14.6. The van der Waals surface area contributed by atoms with E-state index in [1.54, 1.807) is 0 Å². The summed E-state index contributed by atoms with van der Waals surface area (Å²) in [6.07, 6.45) is 9.11. The highest BCUT2D eigenvalue weighted by molar-refractivity contribution is 6.58. The van der Waals surface area contributed by atoms with Gasteiger partial charge in [0.15, 0.2) is 11.8 Å². The van der Waals surface area contributed by atoms with Gasteiger partial charge in [-0.25, -0.2) is 17.6 Å². The molecule has 5 heteroatoms. The number of hydrogen-bond acceptors (Lipinski definition) is 0. The van der Waals surface area contributed by atoms with Crippen molar-refractivity contribution in [1.82, 2.24) is 0 Å². The summed E-state index contributed by atoms with van der Waals surface area (Å²) in [7, 11) is -0.492. The molecule has 1 saturated carbocycles. The van der Waals surface area contributed by atoms with Crippen LogP contribution in [-0.4, -0.2) is 20.6 Å². The molecule has 2 unspecified atom stereocenters. The molecule has 2 fully saturated rings. The zero-order chi connectivity index (χ0) is 22.0. The van der Waals surface area contributed by atoms with Crippen molar-refractivity contribution in [3.05, 3.63) is 53.6 Å². The molecule has 0 nitrogen and oxygen atoms in total. The molecule has 0 radical (unpaired) electrons. The lowest BCUT2D eigenvalue weighted by atomic mass is 9.67. The molecule has 2 atom stereocenters. The average Bonchev–Trinajstić information content (AvgIpc) is 2.77. The second kappa shape index (κ2) is 9.64. The maximum Gasteiger partial charge on any atom is 0.166 e. The molecular weight excluding hydrogens is 416 g/mol. The summed E-state index contributed by atoms with van der Waals surface area (Å²) in [5, 5.41) is 0. The maximum absolute atomic E-state index is 15.8. The van der Waals surface area contributed by atoms with Crippen LogP contribution in [0.4, 0.5) is 17.6 Å². The number of rotatable bonds is 5. The Labute approximate surface area is 185 Å². The first-order valence-electron chi connectivity index (χ1n) is 12.1. The Balaban J connectivity index is 1.37. The molecule has 2 aliphatic carbocycles.